The Morgan fingerprint density at radius 2 is 1.94 bits per heavy atom. The zero-order valence-corrected chi connectivity index (χ0v) is 9.76. The fourth-order valence-corrected chi connectivity index (χ4v) is 1.78. The van der Waals surface area contributed by atoms with E-state index in [2.05, 4.69) is 17.7 Å². The first-order valence-corrected chi connectivity index (χ1v) is 5.22. The SMILES string of the molecule is Cn1cc(-c2ccc(S)c(C(F)(F)F)c2)cn1. The second-order valence-corrected chi connectivity index (χ2v) is 4.11. The van der Waals surface area contributed by atoms with E-state index in [-0.39, 0.29) is 4.90 Å². The Labute approximate surface area is 101 Å². The molecule has 0 atom stereocenters. The minimum atomic E-state index is -4.39. The Morgan fingerprint density at radius 1 is 1.24 bits per heavy atom. The molecule has 6 heteroatoms. The zero-order chi connectivity index (χ0) is 12.6. The summed E-state index contributed by atoms with van der Waals surface area (Å²) in [6, 6.07) is 4.02. The number of alkyl halides is 3. The molecular weight excluding hydrogens is 249 g/mol. The van der Waals surface area contributed by atoms with Crippen LogP contribution in [0.1, 0.15) is 5.56 Å². The zero-order valence-electron chi connectivity index (χ0n) is 8.86. The molecule has 0 aliphatic carbocycles. The summed E-state index contributed by atoms with van der Waals surface area (Å²) in [6.07, 6.45) is -1.21. The lowest BCUT2D eigenvalue weighted by atomic mass is 10.1. The first kappa shape index (κ1) is 12.0. The first-order chi connectivity index (χ1) is 7.88. The number of hydrogen-bond donors (Lipinski definition) is 1. The lowest BCUT2D eigenvalue weighted by Crippen LogP contribution is -2.06. The van der Waals surface area contributed by atoms with Gasteiger partial charge in [0, 0.05) is 23.7 Å². The van der Waals surface area contributed by atoms with Gasteiger partial charge in [0.2, 0.25) is 0 Å². The van der Waals surface area contributed by atoms with E-state index in [0.717, 1.165) is 6.07 Å². The summed E-state index contributed by atoms with van der Waals surface area (Å²) in [6.45, 7) is 0. The lowest BCUT2D eigenvalue weighted by Gasteiger charge is -2.10. The van der Waals surface area contributed by atoms with Crippen molar-refractivity contribution < 1.29 is 13.2 Å². The van der Waals surface area contributed by atoms with Gasteiger partial charge in [-0.15, -0.1) is 12.6 Å². The molecule has 1 aromatic heterocycles. The van der Waals surface area contributed by atoms with Crippen LogP contribution in [0.4, 0.5) is 13.2 Å². The maximum Gasteiger partial charge on any atom is 0.417 e. The molecule has 0 saturated heterocycles. The molecule has 0 spiro atoms. The molecule has 90 valence electrons. The number of benzene rings is 1. The number of hydrogen-bond acceptors (Lipinski definition) is 2. The van der Waals surface area contributed by atoms with Gasteiger partial charge in [-0.2, -0.15) is 18.3 Å². The van der Waals surface area contributed by atoms with Crippen LogP contribution < -0.4 is 0 Å². The average Bonchev–Trinajstić information content (AvgIpc) is 2.64. The van der Waals surface area contributed by atoms with Gasteiger partial charge in [-0.3, -0.25) is 4.68 Å². The molecule has 2 nitrogen and oxygen atoms in total. The summed E-state index contributed by atoms with van der Waals surface area (Å²) in [4.78, 5) is -0.0786. The summed E-state index contributed by atoms with van der Waals surface area (Å²) in [7, 11) is 1.71. The molecule has 0 N–H and O–H groups in total. The monoisotopic (exact) mass is 258 g/mol. The lowest BCUT2D eigenvalue weighted by molar-refractivity contribution is -0.139. The number of nitrogens with zero attached hydrogens (tertiary/aromatic N) is 2. The summed E-state index contributed by atoms with van der Waals surface area (Å²) < 4.78 is 39.6. The summed E-state index contributed by atoms with van der Waals surface area (Å²) in [5.74, 6) is 0. The van der Waals surface area contributed by atoms with Gasteiger partial charge in [0.05, 0.1) is 11.8 Å². The number of aryl methyl sites for hydroxylation is 1. The van der Waals surface area contributed by atoms with Crippen LogP contribution in [-0.4, -0.2) is 9.78 Å². The second-order valence-electron chi connectivity index (χ2n) is 3.63. The quantitative estimate of drug-likeness (QED) is 0.776. The minimum absolute atomic E-state index is 0.0786. The molecule has 1 aromatic carbocycles. The molecule has 0 radical (unpaired) electrons. The molecule has 0 unspecified atom stereocenters. The Kier molecular flexibility index (Phi) is 2.91. The van der Waals surface area contributed by atoms with E-state index in [0.29, 0.717) is 11.1 Å². The largest absolute Gasteiger partial charge is 0.417 e. The highest BCUT2D eigenvalue weighted by Gasteiger charge is 2.33. The Bertz CT molecular complexity index is 546. The van der Waals surface area contributed by atoms with Gasteiger partial charge >= 0.3 is 6.18 Å². The fraction of sp³-hybridized carbons (Fsp3) is 0.182. The predicted octanol–water partition coefficient (Wildman–Crippen LogP) is 3.39. The number of thiol groups is 1. The van der Waals surface area contributed by atoms with Gasteiger partial charge in [0.25, 0.3) is 0 Å². The first-order valence-electron chi connectivity index (χ1n) is 4.77. The van der Waals surface area contributed by atoms with Crippen molar-refractivity contribution in [3.8, 4) is 11.1 Å². The van der Waals surface area contributed by atoms with Crippen molar-refractivity contribution in [2.24, 2.45) is 7.05 Å². The van der Waals surface area contributed by atoms with Gasteiger partial charge < -0.3 is 0 Å². The Balaban J connectivity index is 2.51. The highest BCUT2D eigenvalue weighted by molar-refractivity contribution is 7.80. The van der Waals surface area contributed by atoms with Crippen LogP contribution in [0.2, 0.25) is 0 Å². The summed E-state index contributed by atoms with van der Waals surface area (Å²) in [5, 5.41) is 3.92. The van der Waals surface area contributed by atoms with Gasteiger partial charge in [-0.1, -0.05) is 6.07 Å². The number of rotatable bonds is 1. The molecule has 17 heavy (non-hydrogen) atoms. The molecule has 0 fully saturated rings. The Hall–Kier alpha value is -1.43. The molecule has 0 saturated carbocycles. The minimum Gasteiger partial charge on any atom is -0.275 e. The van der Waals surface area contributed by atoms with E-state index in [1.165, 1.54) is 16.9 Å². The highest BCUT2D eigenvalue weighted by Crippen LogP contribution is 2.36. The van der Waals surface area contributed by atoms with E-state index in [1.807, 2.05) is 0 Å². The van der Waals surface area contributed by atoms with Gasteiger partial charge in [-0.05, 0) is 17.7 Å². The molecule has 0 aliphatic rings. The molecule has 0 amide bonds. The Morgan fingerprint density at radius 3 is 2.47 bits per heavy atom. The van der Waals surface area contributed by atoms with Crippen molar-refractivity contribution in [1.29, 1.82) is 0 Å². The maximum atomic E-state index is 12.7. The predicted molar refractivity (Wildman–Crippen MR) is 60.9 cm³/mol. The van der Waals surface area contributed by atoms with E-state index in [9.17, 15) is 13.2 Å². The van der Waals surface area contributed by atoms with E-state index in [1.54, 1.807) is 19.3 Å². The fourth-order valence-electron chi connectivity index (χ4n) is 1.51. The van der Waals surface area contributed by atoms with E-state index >= 15 is 0 Å². The van der Waals surface area contributed by atoms with Crippen molar-refractivity contribution in [2.45, 2.75) is 11.1 Å². The van der Waals surface area contributed by atoms with Crippen molar-refractivity contribution in [3.63, 3.8) is 0 Å². The van der Waals surface area contributed by atoms with Crippen LogP contribution in [-0.2, 0) is 13.2 Å². The van der Waals surface area contributed by atoms with Crippen molar-refractivity contribution >= 4 is 12.6 Å². The van der Waals surface area contributed by atoms with Crippen LogP contribution >= 0.6 is 12.6 Å². The van der Waals surface area contributed by atoms with Crippen molar-refractivity contribution in [2.75, 3.05) is 0 Å². The third-order valence-corrected chi connectivity index (χ3v) is 2.73. The summed E-state index contributed by atoms with van der Waals surface area (Å²) in [5.41, 5.74) is 0.386. The van der Waals surface area contributed by atoms with Crippen molar-refractivity contribution in [3.05, 3.63) is 36.2 Å². The smallest absolute Gasteiger partial charge is 0.275 e. The van der Waals surface area contributed by atoms with Crippen molar-refractivity contribution in [1.82, 2.24) is 9.78 Å². The van der Waals surface area contributed by atoms with E-state index in [4.69, 9.17) is 0 Å². The van der Waals surface area contributed by atoms with E-state index < -0.39 is 11.7 Å². The van der Waals surface area contributed by atoms with Gasteiger partial charge in [0.1, 0.15) is 0 Å². The maximum absolute atomic E-state index is 12.7. The average molecular weight is 258 g/mol. The molecule has 2 aromatic rings. The third kappa shape index (κ3) is 2.46. The molecule has 2 rings (SSSR count). The van der Waals surface area contributed by atoms with Crippen LogP contribution in [0.15, 0.2) is 35.5 Å². The van der Waals surface area contributed by atoms with Crippen LogP contribution in [0.3, 0.4) is 0 Å². The van der Waals surface area contributed by atoms with Crippen LogP contribution in [0, 0.1) is 0 Å². The molecule has 0 bridgehead atoms. The third-order valence-electron chi connectivity index (χ3n) is 2.34. The number of halogens is 3. The van der Waals surface area contributed by atoms with Crippen LogP contribution in [0.5, 0.6) is 0 Å². The topological polar surface area (TPSA) is 17.8 Å². The van der Waals surface area contributed by atoms with Crippen LogP contribution in [0.25, 0.3) is 11.1 Å². The molecular formula is C11H9F3N2S. The molecule has 0 aliphatic heterocycles. The second kappa shape index (κ2) is 4.10. The van der Waals surface area contributed by atoms with Gasteiger partial charge in [-0.25, -0.2) is 0 Å². The summed E-state index contributed by atoms with van der Waals surface area (Å²) >= 11 is 3.82. The highest BCUT2D eigenvalue weighted by atomic mass is 32.1. The van der Waals surface area contributed by atoms with Gasteiger partial charge in [0.15, 0.2) is 0 Å². The standard InChI is InChI=1S/C11H9F3N2S/c1-16-6-8(5-15-16)7-2-3-10(17)9(4-7)11(12,13)14/h2-6,17H,1H3. The number of aromatic nitrogens is 2. The molecule has 1 heterocycles. The normalized spacial score (nSPS) is 11.8.